The van der Waals surface area contributed by atoms with Crippen molar-refractivity contribution >= 4 is 18.3 Å². The summed E-state index contributed by atoms with van der Waals surface area (Å²) < 4.78 is 19.1. The van der Waals surface area contributed by atoms with E-state index in [1.165, 1.54) is 12.1 Å². The number of para-hydroxylation sites is 1. The summed E-state index contributed by atoms with van der Waals surface area (Å²) in [5, 5.41) is 6.16. The first-order chi connectivity index (χ1) is 10.7. The number of benzene rings is 1. The molecule has 130 valence electrons. The fourth-order valence-corrected chi connectivity index (χ4v) is 2.40. The van der Waals surface area contributed by atoms with Crippen LogP contribution in [0.25, 0.3) is 0 Å². The van der Waals surface area contributed by atoms with Crippen LogP contribution in [0.4, 0.5) is 4.39 Å². The van der Waals surface area contributed by atoms with E-state index >= 15 is 0 Å². The van der Waals surface area contributed by atoms with Crippen molar-refractivity contribution in [3.63, 3.8) is 0 Å². The fourth-order valence-electron chi connectivity index (χ4n) is 2.40. The SMILES string of the molecule is CCC(Oc1ccccc1F)C(=O)NCCN1CCNCC1.Cl. The second-order valence-corrected chi connectivity index (χ2v) is 5.33. The van der Waals surface area contributed by atoms with Gasteiger partial charge in [0, 0.05) is 39.3 Å². The van der Waals surface area contributed by atoms with Gasteiger partial charge >= 0.3 is 0 Å². The number of carbonyl (C=O) groups excluding carboxylic acids is 1. The number of piperazine rings is 1. The number of rotatable bonds is 7. The summed E-state index contributed by atoms with van der Waals surface area (Å²) in [5.74, 6) is -0.526. The van der Waals surface area contributed by atoms with E-state index in [1.54, 1.807) is 12.1 Å². The molecule has 5 nitrogen and oxygen atoms in total. The monoisotopic (exact) mass is 345 g/mol. The Morgan fingerprint density at radius 2 is 2.09 bits per heavy atom. The molecule has 1 aromatic carbocycles. The number of nitrogens with zero attached hydrogens (tertiary/aromatic N) is 1. The lowest BCUT2D eigenvalue weighted by atomic mass is 10.2. The Labute approximate surface area is 143 Å². The van der Waals surface area contributed by atoms with Gasteiger partial charge < -0.3 is 15.4 Å². The molecule has 2 N–H and O–H groups in total. The van der Waals surface area contributed by atoms with E-state index in [2.05, 4.69) is 15.5 Å². The molecule has 0 radical (unpaired) electrons. The zero-order chi connectivity index (χ0) is 15.8. The van der Waals surface area contributed by atoms with Gasteiger partial charge in [-0.2, -0.15) is 0 Å². The molecule has 2 rings (SSSR count). The topological polar surface area (TPSA) is 53.6 Å². The second kappa shape index (κ2) is 10.4. The van der Waals surface area contributed by atoms with Crippen molar-refractivity contribution in [2.45, 2.75) is 19.4 Å². The van der Waals surface area contributed by atoms with Gasteiger partial charge in [0.25, 0.3) is 5.91 Å². The molecule has 0 aliphatic carbocycles. The number of nitrogens with one attached hydrogen (secondary N) is 2. The molecule has 1 aliphatic heterocycles. The first-order valence-corrected chi connectivity index (χ1v) is 7.82. The maximum Gasteiger partial charge on any atom is 0.261 e. The van der Waals surface area contributed by atoms with E-state index in [0.29, 0.717) is 13.0 Å². The lowest BCUT2D eigenvalue weighted by Gasteiger charge is -2.27. The van der Waals surface area contributed by atoms with E-state index in [0.717, 1.165) is 32.7 Å². The third-order valence-electron chi connectivity index (χ3n) is 3.71. The van der Waals surface area contributed by atoms with Gasteiger partial charge in [-0.05, 0) is 18.6 Å². The number of hydrogen-bond acceptors (Lipinski definition) is 4. The Kier molecular flexibility index (Phi) is 8.91. The average molecular weight is 346 g/mol. The Morgan fingerprint density at radius 3 is 2.74 bits per heavy atom. The number of carbonyl (C=O) groups is 1. The fraction of sp³-hybridized carbons (Fsp3) is 0.562. The summed E-state index contributed by atoms with van der Waals surface area (Å²) in [7, 11) is 0. The largest absolute Gasteiger partial charge is 0.478 e. The minimum Gasteiger partial charge on any atom is -0.478 e. The van der Waals surface area contributed by atoms with Crippen LogP contribution in [-0.4, -0.2) is 56.2 Å². The molecule has 1 unspecified atom stereocenters. The van der Waals surface area contributed by atoms with Gasteiger partial charge in [0.2, 0.25) is 0 Å². The van der Waals surface area contributed by atoms with Crippen LogP contribution >= 0.6 is 12.4 Å². The zero-order valence-electron chi connectivity index (χ0n) is 13.4. The quantitative estimate of drug-likeness (QED) is 0.785. The molecule has 23 heavy (non-hydrogen) atoms. The molecule has 1 saturated heterocycles. The Morgan fingerprint density at radius 1 is 1.39 bits per heavy atom. The van der Waals surface area contributed by atoms with E-state index in [1.807, 2.05) is 6.92 Å². The molecule has 0 bridgehead atoms. The normalized spacial score (nSPS) is 16.3. The molecular formula is C16H25ClFN3O2. The predicted molar refractivity (Wildman–Crippen MR) is 90.7 cm³/mol. The lowest BCUT2D eigenvalue weighted by molar-refractivity contribution is -0.128. The molecule has 1 fully saturated rings. The molecule has 1 heterocycles. The van der Waals surface area contributed by atoms with Gasteiger partial charge in [-0.25, -0.2) is 4.39 Å². The molecule has 0 spiro atoms. The third-order valence-corrected chi connectivity index (χ3v) is 3.71. The first kappa shape index (κ1) is 19.7. The number of halogens is 2. The molecule has 7 heteroatoms. The number of amides is 1. The van der Waals surface area contributed by atoms with Crippen molar-refractivity contribution < 1.29 is 13.9 Å². The van der Waals surface area contributed by atoms with Crippen LogP contribution < -0.4 is 15.4 Å². The number of hydrogen-bond donors (Lipinski definition) is 2. The van der Waals surface area contributed by atoms with Gasteiger partial charge in [-0.15, -0.1) is 12.4 Å². The van der Waals surface area contributed by atoms with Crippen molar-refractivity contribution in [1.82, 2.24) is 15.5 Å². The third kappa shape index (κ3) is 6.33. The van der Waals surface area contributed by atoms with Crippen LogP contribution in [0.3, 0.4) is 0 Å². The summed E-state index contributed by atoms with van der Waals surface area (Å²) in [6, 6.07) is 6.14. The van der Waals surface area contributed by atoms with Crippen LogP contribution in [0.15, 0.2) is 24.3 Å². The van der Waals surface area contributed by atoms with E-state index < -0.39 is 11.9 Å². The lowest BCUT2D eigenvalue weighted by Crippen LogP contribution is -2.47. The van der Waals surface area contributed by atoms with Gasteiger partial charge in [-0.1, -0.05) is 19.1 Å². The smallest absolute Gasteiger partial charge is 0.261 e. The predicted octanol–water partition coefficient (Wildman–Crippen LogP) is 1.43. The molecule has 1 aromatic rings. The molecule has 1 aliphatic rings. The highest BCUT2D eigenvalue weighted by Gasteiger charge is 2.19. The number of ether oxygens (including phenoxy) is 1. The second-order valence-electron chi connectivity index (χ2n) is 5.33. The van der Waals surface area contributed by atoms with Crippen molar-refractivity contribution in [2.24, 2.45) is 0 Å². The van der Waals surface area contributed by atoms with Crippen molar-refractivity contribution in [2.75, 3.05) is 39.3 Å². The van der Waals surface area contributed by atoms with Gasteiger partial charge in [0.05, 0.1) is 0 Å². The summed E-state index contributed by atoms with van der Waals surface area (Å²) in [6.07, 6.45) is -0.173. The molecular weight excluding hydrogens is 321 g/mol. The van der Waals surface area contributed by atoms with Crippen molar-refractivity contribution in [3.05, 3.63) is 30.1 Å². The van der Waals surface area contributed by atoms with E-state index in [4.69, 9.17) is 4.74 Å². The molecule has 0 saturated carbocycles. The van der Waals surface area contributed by atoms with Gasteiger partial charge in [-0.3, -0.25) is 9.69 Å². The van der Waals surface area contributed by atoms with Crippen LogP contribution in [0.2, 0.25) is 0 Å². The summed E-state index contributed by atoms with van der Waals surface area (Å²) in [5.41, 5.74) is 0. The maximum atomic E-state index is 13.6. The zero-order valence-corrected chi connectivity index (χ0v) is 14.2. The first-order valence-electron chi connectivity index (χ1n) is 7.82. The summed E-state index contributed by atoms with van der Waals surface area (Å²) in [4.78, 5) is 14.4. The van der Waals surface area contributed by atoms with Crippen molar-refractivity contribution in [1.29, 1.82) is 0 Å². The molecule has 1 atom stereocenters. The highest BCUT2D eigenvalue weighted by molar-refractivity contribution is 5.85. The van der Waals surface area contributed by atoms with Crippen LogP contribution in [0.5, 0.6) is 5.75 Å². The standard InChI is InChI=1S/C16H24FN3O2.ClH/c1-2-14(22-15-6-4-3-5-13(15)17)16(21)19-9-12-20-10-7-18-8-11-20;/h3-6,14,18H,2,7-12H2,1H3,(H,19,21);1H. The Balaban J connectivity index is 0.00000264. The summed E-state index contributed by atoms with van der Waals surface area (Å²) >= 11 is 0. The molecule has 1 amide bonds. The highest BCUT2D eigenvalue weighted by Crippen LogP contribution is 2.18. The van der Waals surface area contributed by atoms with Crippen LogP contribution in [-0.2, 0) is 4.79 Å². The van der Waals surface area contributed by atoms with E-state index in [9.17, 15) is 9.18 Å². The average Bonchev–Trinajstić information content (AvgIpc) is 2.55. The maximum absolute atomic E-state index is 13.6. The van der Waals surface area contributed by atoms with Gasteiger partial charge in [0.1, 0.15) is 0 Å². The minimum absolute atomic E-state index is 0. The Hall–Kier alpha value is -1.37. The molecule has 0 aromatic heterocycles. The highest BCUT2D eigenvalue weighted by atomic mass is 35.5. The van der Waals surface area contributed by atoms with E-state index in [-0.39, 0.29) is 24.1 Å². The van der Waals surface area contributed by atoms with Crippen molar-refractivity contribution in [3.8, 4) is 5.75 Å². The van der Waals surface area contributed by atoms with Crippen LogP contribution in [0, 0.1) is 5.82 Å². The summed E-state index contributed by atoms with van der Waals surface area (Å²) in [6.45, 7) is 7.22. The van der Waals surface area contributed by atoms with Gasteiger partial charge in [0.15, 0.2) is 17.7 Å². The minimum atomic E-state index is -0.667. The van der Waals surface area contributed by atoms with Crippen LogP contribution in [0.1, 0.15) is 13.3 Å². The Bertz CT molecular complexity index is 484.